The average Bonchev–Trinajstić information content (AvgIpc) is 2.58. The molecule has 0 bridgehead atoms. The lowest BCUT2D eigenvalue weighted by atomic mass is 9.97. The van der Waals surface area contributed by atoms with Gasteiger partial charge in [0.2, 0.25) is 0 Å². The molecule has 1 aromatic carbocycles. The third-order valence-electron chi connectivity index (χ3n) is 4.47. The van der Waals surface area contributed by atoms with Gasteiger partial charge in [-0.25, -0.2) is 0 Å². The summed E-state index contributed by atoms with van der Waals surface area (Å²) in [7, 11) is 1.48. The third-order valence-corrected chi connectivity index (χ3v) is 4.47. The van der Waals surface area contributed by atoms with Gasteiger partial charge in [0.15, 0.2) is 0 Å². The number of hydrogen-bond acceptors (Lipinski definition) is 4. The number of ether oxygens (including phenoxy) is 2. The van der Waals surface area contributed by atoms with E-state index in [-0.39, 0.29) is 24.2 Å². The van der Waals surface area contributed by atoms with Crippen molar-refractivity contribution in [2.45, 2.75) is 45.0 Å². The highest BCUT2D eigenvalue weighted by Gasteiger charge is 2.32. The number of alkyl halides is 3. The molecule has 0 amide bonds. The van der Waals surface area contributed by atoms with Crippen LogP contribution < -0.4 is 14.8 Å². The molecule has 1 heterocycles. The van der Waals surface area contributed by atoms with Gasteiger partial charge < -0.3 is 14.8 Å². The second-order valence-electron chi connectivity index (χ2n) is 6.25. The lowest BCUT2D eigenvalue weighted by molar-refractivity contribution is -0.274. The molecular formula is C18H28ClF3N2O2. The summed E-state index contributed by atoms with van der Waals surface area (Å²) in [6.45, 7) is 5.83. The molecule has 0 aliphatic carbocycles. The minimum atomic E-state index is -4.70. The summed E-state index contributed by atoms with van der Waals surface area (Å²) in [5, 5.41) is 3.33. The van der Waals surface area contributed by atoms with Crippen LogP contribution in [0.1, 0.15) is 44.2 Å². The number of methoxy groups -OCH3 is 1. The molecule has 0 spiro atoms. The number of benzene rings is 1. The van der Waals surface area contributed by atoms with Crippen molar-refractivity contribution >= 4 is 12.4 Å². The molecule has 1 aromatic rings. The first kappa shape index (κ1) is 22.9. The molecule has 1 N–H and O–H groups in total. The van der Waals surface area contributed by atoms with E-state index in [2.05, 4.69) is 21.9 Å². The molecule has 2 rings (SSSR count). The highest BCUT2D eigenvalue weighted by molar-refractivity contribution is 5.85. The summed E-state index contributed by atoms with van der Waals surface area (Å²) in [6, 6.07) is 4.56. The Morgan fingerprint density at radius 1 is 1.19 bits per heavy atom. The molecule has 0 radical (unpaired) electrons. The molecule has 0 aromatic heterocycles. The third kappa shape index (κ3) is 6.85. The second-order valence-corrected chi connectivity index (χ2v) is 6.25. The van der Waals surface area contributed by atoms with Gasteiger partial charge in [0.1, 0.15) is 11.5 Å². The first-order valence-electron chi connectivity index (χ1n) is 8.83. The van der Waals surface area contributed by atoms with Crippen molar-refractivity contribution < 1.29 is 22.6 Å². The highest BCUT2D eigenvalue weighted by atomic mass is 35.5. The molecule has 1 fully saturated rings. The first-order chi connectivity index (χ1) is 11.9. The number of halogens is 4. The summed E-state index contributed by atoms with van der Waals surface area (Å²) in [6.07, 6.45) is -0.395. The monoisotopic (exact) mass is 396 g/mol. The van der Waals surface area contributed by atoms with Crippen molar-refractivity contribution in [3.05, 3.63) is 23.8 Å². The van der Waals surface area contributed by atoms with E-state index in [0.717, 1.165) is 57.4 Å². The number of nitrogens with one attached hydrogen (secondary N) is 1. The molecule has 1 aliphatic rings. The van der Waals surface area contributed by atoms with Crippen molar-refractivity contribution in [2.75, 3.05) is 33.3 Å². The van der Waals surface area contributed by atoms with E-state index in [1.54, 1.807) is 6.07 Å². The molecule has 26 heavy (non-hydrogen) atoms. The zero-order valence-electron chi connectivity index (χ0n) is 15.3. The van der Waals surface area contributed by atoms with E-state index in [1.807, 2.05) is 0 Å². The van der Waals surface area contributed by atoms with Crippen LogP contribution in [0.25, 0.3) is 0 Å². The maximum Gasteiger partial charge on any atom is 0.573 e. The van der Waals surface area contributed by atoms with Crippen LogP contribution in [0, 0.1) is 0 Å². The summed E-state index contributed by atoms with van der Waals surface area (Å²) < 4.78 is 46.8. The van der Waals surface area contributed by atoms with Crippen LogP contribution in [-0.2, 0) is 0 Å². The summed E-state index contributed by atoms with van der Waals surface area (Å²) in [4.78, 5) is 2.38. The first-order valence-corrected chi connectivity index (χ1v) is 8.83. The molecule has 0 unspecified atom stereocenters. The smallest absolute Gasteiger partial charge is 0.496 e. The van der Waals surface area contributed by atoms with Crippen LogP contribution in [0.15, 0.2) is 18.2 Å². The summed E-state index contributed by atoms with van der Waals surface area (Å²) in [5.74, 6) is 0.197. The van der Waals surface area contributed by atoms with Gasteiger partial charge in [-0.05, 0) is 12.5 Å². The number of rotatable bonds is 8. The number of hydrogen-bond donors (Lipinski definition) is 1. The van der Waals surface area contributed by atoms with Crippen LogP contribution in [0.5, 0.6) is 11.5 Å². The van der Waals surface area contributed by atoms with Crippen LogP contribution in [0.3, 0.4) is 0 Å². The van der Waals surface area contributed by atoms with Crippen LogP contribution in [-0.4, -0.2) is 44.6 Å². The fraction of sp³-hybridized carbons (Fsp3) is 0.667. The Balaban J connectivity index is 0.00000338. The van der Waals surface area contributed by atoms with Gasteiger partial charge in [0, 0.05) is 43.9 Å². The number of nitrogens with zero attached hydrogens (tertiary/aromatic N) is 1. The predicted octanol–water partition coefficient (Wildman–Crippen LogP) is 4.54. The largest absolute Gasteiger partial charge is 0.573 e. The maximum absolute atomic E-state index is 12.5. The van der Waals surface area contributed by atoms with E-state index < -0.39 is 6.36 Å². The Kier molecular flexibility index (Phi) is 9.54. The van der Waals surface area contributed by atoms with E-state index in [1.165, 1.54) is 19.2 Å². The van der Waals surface area contributed by atoms with Gasteiger partial charge in [0.25, 0.3) is 0 Å². The minimum absolute atomic E-state index is 0. The number of piperazine rings is 1. The standard InChI is InChI=1S/C18H27F3N2O2.ClH/c1-3-4-5-6-16(23-11-9-22-10-12-23)15-8-7-14(13-17(15)24-2)25-18(19,20)21;/h7-8,13,16,22H,3-6,9-12H2,1-2H3;1H/t16-;/m1./s1. The molecule has 1 saturated heterocycles. The van der Waals surface area contributed by atoms with Crippen molar-refractivity contribution in [3.63, 3.8) is 0 Å². The normalized spacial score (nSPS) is 16.7. The van der Waals surface area contributed by atoms with Crippen molar-refractivity contribution in [3.8, 4) is 11.5 Å². The summed E-state index contributed by atoms with van der Waals surface area (Å²) in [5.41, 5.74) is 0.926. The zero-order chi connectivity index (χ0) is 18.3. The van der Waals surface area contributed by atoms with E-state index in [0.29, 0.717) is 5.75 Å². The topological polar surface area (TPSA) is 33.7 Å². The lowest BCUT2D eigenvalue weighted by Crippen LogP contribution is -2.45. The fourth-order valence-electron chi connectivity index (χ4n) is 3.28. The number of unbranched alkanes of at least 4 members (excludes halogenated alkanes) is 2. The quantitative estimate of drug-likeness (QED) is 0.654. The van der Waals surface area contributed by atoms with Gasteiger partial charge in [-0.1, -0.05) is 32.3 Å². The zero-order valence-corrected chi connectivity index (χ0v) is 16.1. The van der Waals surface area contributed by atoms with Gasteiger partial charge in [-0.15, -0.1) is 25.6 Å². The van der Waals surface area contributed by atoms with E-state index in [4.69, 9.17) is 4.74 Å². The molecule has 150 valence electrons. The van der Waals surface area contributed by atoms with Gasteiger partial charge in [0.05, 0.1) is 7.11 Å². The molecule has 0 saturated carbocycles. The Bertz CT molecular complexity index is 538. The van der Waals surface area contributed by atoms with Crippen molar-refractivity contribution in [1.82, 2.24) is 10.2 Å². The Morgan fingerprint density at radius 2 is 1.88 bits per heavy atom. The lowest BCUT2D eigenvalue weighted by Gasteiger charge is -2.36. The molecule has 4 nitrogen and oxygen atoms in total. The molecular weight excluding hydrogens is 369 g/mol. The fourth-order valence-corrected chi connectivity index (χ4v) is 3.28. The minimum Gasteiger partial charge on any atom is -0.496 e. The SMILES string of the molecule is CCCCC[C@H](c1ccc(OC(F)(F)F)cc1OC)N1CCNCC1.Cl. The van der Waals surface area contributed by atoms with E-state index in [9.17, 15) is 13.2 Å². The van der Waals surface area contributed by atoms with Crippen LogP contribution in [0.4, 0.5) is 13.2 Å². The van der Waals surface area contributed by atoms with Gasteiger partial charge in [-0.3, -0.25) is 4.90 Å². The highest BCUT2D eigenvalue weighted by Crippen LogP contribution is 2.37. The Hall–Kier alpha value is -1.18. The average molecular weight is 397 g/mol. The predicted molar refractivity (Wildman–Crippen MR) is 98.3 cm³/mol. The van der Waals surface area contributed by atoms with Crippen molar-refractivity contribution in [1.29, 1.82) is 0 Å². The molecule has 1 atom stereocenters. The molecule has 8 heteroatoms. The maximum atomic E-state index is 12.5. The summed E-state index contributed by atoms with van der Waals surface area (Å²) >= 11 is 0. The van der Waals surface area contributed by atoms with Crippen LogP contribution in [0.2, 0.25) is 0 Å². The molecule has 1 aliphatic heterocycles. The second kappa shape index (κ2) is 10.8. The van der Waals surface area contributed by atoms with E-state index >= 15 is 0 Å². The van der Waals surface area contributed by atoms with Gasteiger partial charge >= 0.3 is 6.36 Å². The van der Waals surface area contributed by atoms with Crippen LogP contribution >= 0.6 is 12.4 Å². The Morgan fingerprint density at radius 3 is 2.46 bits per heavy atom. The van der Waals surface area contributed by atoms with Crippen molar-refractivity contribution in [2.24, 2.45) is 0 Å². The van der Waals surface area contributed by atoms with Gasteiger partial charge in [-0.2, -0.15) is 0 Å². The Labute approximate surface area is 159 Å².